The van der Waals surface area contributed by atoms with Gasteiger partial charge in [0.05, 0.1) is 22.3 Å². The van der Waals surface area contributed by atoms with Crippen LogP contribution >= 0.6 is 0 Å². The number of benzene rings is 10. The summed E-state index contributed by atoms with van der Waals surface area (Å²) in [5.74, 6) is 0.373. The smallest absolute Gasteiger partial charge is 0.259 e. The molecule has 10 nitrogen and oxygen atoms in total. The van der Waals surface area contributed by atoms with Crippen LogP contribution in [-0.4, -0.2) is 23.6 Å². The number of hydrogen-bond acceptors (Lipinski definition) is 8. The van der Waals surface area contributed by atoms with Crippen LogP contribution in [-0.2, 0) is 0 Å². The van der Waals surface area contributed by atoms with Crippen molar-refractivity contribution < 1.29 is 38.1 Å². The third kappa shape index (κ3) is 6.63. The molecule has 2 aliphatic heterocycles. The molecule has 2 aliphatic rings. The van der Waals surface area contributed by atoms with Crippen LogP contribution in [0.1, 0.15) is 92.1 Å². The van der Waals surface area contributed by atoms with Crippen LogP contribution in [0.2, 0.25) is 0 Å². The molecule has 2 heterocycles. The van der Waals surface area contributed by atoms with Gasteiger partial charge in [-0.3, -0.25) is 29.8 Å². The van der Waals surface area contributed by atoms with Crippen molar-refractivity contribution in [3.63, 3.8) is 0 Å². The van der Waals surface area contributed by atoms with Crippen LogP contribution in [0.5, 0.6) is 46.0 Å². The van der Waals surface area contributed by atoms with E-state index in [-0.39, 0.29) is 51.3 Å². The maximum atomic E-state index is 15.3. The summed E-state index contributed by atoms with van der Waals surface area (Å²) in [5.41, 5.74) is 3.99. The molecule has 2 N–H and O–H groups in total. The van der Waals surface area contributed by atoms with Crippen molar-refractivity contribution in [2.45, 2.75) is 39.5 Å². The maximum absolute atomic E-state index is 15.3. The van der Waals surface area contributed by atoms with E-state index in [4.69, 9.17) is 18.9 Å². The van der Waals surface area contributed by atoms with Crippen molar-refractivity contribution in [2.24, 2.45) is 0 Å². The molecule has 0 bridgehead atoms. The predicted octanol–water partition coefficient (Wildman–Crippen LogP) is 14.6. The number of rotatable bonds is 11. The largest absolute Gasteiger partial charge is 0.457 e. The number of hydrogen-bond donors (Lipinski definition) is 2. The molecular weight excluding hydrogens is 877 g/mol. The molecule has 10 aromatic rings. The quantitative estimate of drug-likeness (QED) is 0.0745. The van der Waals surface area contributed by atoms with Crippen LogP contribution in [0.15, 0.2) is 158 Å². The Morgan fingerprint density at radius 3 is 1.10 bits per heavy atom. The highest BCUT2D eigenvalue weighted by Gasteiger charge is 2.40. The second-order valence-electron chi connectivity index (χ2n) is 18.2. The highest BCUT2D eigenvalue weighted by atomic mass is 16.5. The number of ether oxygens (including phenoxy) is 4. The van der Waals surface area contributed by atoms with Gasteiger partial charge in [-0.2, -0.15) is 0 Å². The standard InChI is InChI=1S/C60H42N2O8/c1-31(2)37-26-17-27-38(32(3)4)45(37)53-55-47-41(59(65)62-60(55)66)30-43(68-34-20-11-6-12-21-34)49-48-42(67-33-18-9-5-10-19-33)28-39-46-40(58(64)61-57(39)63)29-44(69-35-22-13-7-14-23-35)50(51(46)48)54(52(47)49)56(53)70-36-24-15-8-16-25-36/h5-32H,1-4H3,(H,61,63,64)(H,62,65,66). The molecule has 0 spiro atoms. The summed E-state index contributed by atoms with van der Waals surface area (Å²) in [6.07, 6.45) is 0. The lowest BCUT2D eigenvalue weighted by atomic mass is 9.76. The van der Waals surface area contributed by atoms with E-state index in [0.29, 0.717) is 77.4 Å². The van der Waals surface area contributed by atoms with Crippen molar-refractivity contribution in [1.82, 2.24) is 10.6 Å². The highest BCUT2D eigenvalue weighted by Crippen LogP contribution is 2.60. The van der Waals surface area contributed by atoms with Crippen molar-refractivity contribution >= 4 is 66.7 Å². The van der Waals surface area contributed by atoms with Gasteiger partial charge in [0, 0.05) is 48.7 Å². The number of carbonyl (C=O) groups is 4. The van der Waals surface area contributed by atoms with E-state index < -0.39 is 23.6 Å². The molecule has 10 heteroatoms. The number of amides is 4. The Balaban J connectivity index is 1.43. The van der Waals surface area contributed by atoms with Gasteiger partial charge in [-0.1, -0.05) is 119 Å². The van der Waals surface area contributed by atoms with E-state index in [1.807, 2.05) is 115 Å². The Hall–Kier alpha value is -9.02. The molecule has 4 amide bonds. The van der Waals surface area contributed by atoms with Crippen LogP contribution < -0.4 is 29.6 Å². The van der Waals surface area contributed by atoms with Gasteiger partial charge in [-0.05, 0) is 95.3 Å². The second-order valence-corrected chi connectivity index (χ2v) is 18.2. The van der Waals surface area contributed by atoms with Crippen molar-refractivity contribution in [2.75, 3.05) is 0 Å². The average Bonchev–Trinajstić information content (AvgIpc) is 3.36. The lowest BCUT2D eigenvalue weighted by Gasteiger charge is -2.31. The normalized spacial score (nSPS) is 13.2. The first-order valence-corrected chi connectivity index (χ1v) is 23.2. The second kappa shape index (κ2) is 16.3. The lowest BCUT2D eigenvalue weighted by Crippen LogP contribution is -2.35. The summed E-state index contributed by atoms with van der Waals surface area (Å²) in [6.45, 7) is 8.44. The fraction of sp³-hybridized carbons (Fsp3) is 0.100. The molecule has 0 unspecified atom stereocenters. The van der Waals surface area contributed by atoms with E-state index in [1.54, 1.807) is 30.3 Å². The van der Waals surface area contributed by atoms with E-state index in [9.17, 15) is 14.4 Å². The van der Waals surface area contributed by atoms with Gasteiger partial charge in [0.2, 0.25) is 0 Å². The van der Waals surface area contributed by atoms with Gasteiger partial charge >= 0.3 is 0 Å². The van der Waals surface area contributed by atoms with Crippen LogP contribution in [0, 0.1) is 0 Å². The molecule has 70 heavy (non-hydrogen) atoms. The molecule has 0 saturated heterocycles. The molecule has 0 aromatic heterocycles. The Morgan fingerprint density at radius 1 is 0.329 bits per heavy atom. The SMILES string of the molecule is CC(C)c1cccc(C(C)C)c1-c1c2c3c(cc(Oc4ccccc4)c4c5c(Oc6ccccc6)cc6c7c(cc(Oc8ccccc8)c(c(c1Oc1ccccc1)c34)c75)C(=O)NC6=O)C(=O)NC2=O. The van der Waals surface area contributed by atoms with E-state index in [0.717, 1.165) is 16.7 Å². The molecule has 12 rings (SSSR count). The van der Waals surface area contributed by atoms with Gasteiger partial charge in [-0.15, -0.1) is 0 Å². The molecule has 10 aromatic carbocycles. The first-order valence-electron chi connectivity index (χ1n) is 23.2. The van der Waals surface area contributed by atoms with E-state index in [2.05, 4.69) is 50.5 Å². The molecular formula is C60H42N2O8. The summed E-state index contributed by atoms with van der Waals surface area (Å²) < 4.78 is 28.2. The average molecular weight is 919 g/mol. The maximum Gasteiger partial charge on any atom is 0.259 e. The van der Waals surface area contributed by atoms with Gasteiger partial charge < -0.3 is 18.9 Å². The minimum absolute atomic E-state index is 0.0335. The van der Waals surface area contributed by atoms with E-state index in [1.165, 1.54) is 0 Å². The monoisotopic (exact) mass is 918 g/mol. The third-order valence-electron chi connectivity index (χ3n) is 13.2. The number of imide groups is 2. The van der Waals surface area contributed by atoms with Gasteiger partial charge in [0.15, 0.2) is 0 Å². The number of para-hydroxylation sites is 4. The minimum Gasteiger partial charge on any atom is -0.457 e. The Labute approximate surface area is 401 Å². The zero-order valence-corrected chi connectivity index (χ0v) is 38.4. The summed E-state index contributed by atoms with van der Waals surface area (Å²) in [5, 5.41) is 8.67. The summed E-state index contributed by atoms with van der Waals surface area (Å²) in [4.78, 5) is 58.6. The molecule has 0 fully saturated rings. The number of carbonyl (C=O) groups excluding carboxylic acids is 4. The Morgan fingerprint density at radius 2 is 0.686 bits per heavy atom. The highest BCUT2D eigenvalue weighted by molar-refractivity contribution is 6.46. The predicted molar refractivity (Wildman–Crippen MR) is 271 cm³/mol. The van der Waals surface area contributed by atoms with Crippen LogP contribution in [0.3, 0.4) is 0 Å². The zero-order valence-electron chi connectivity index (χ0n) is 38.4. The molecule has 0 atom stereocenters. The van der Waals surface area contributed by atoms with Gasteiger partial charge in [0.25, 0.3) is 23.6 Å². The van der Waals surface area contributed by atoms with Crippen LogP contribution in [0.25, 0.3) is 54.2 Å². The van der Waals surface area contributed by atoms with Crippen molar-refractivity contribution in [3.8, 4) is 57.1 Å². The van der Waals surface area contributed by atoms with Crippen molar-refractivity contribution in [3.05, 3.63) is 191 Å². The Bertz CT molecular complexity index is 3790. The molecule has 0 radical (unpaired) electrons. The first-order chi connectivity index (χ1) is 34.0. The van der Waals surface area contributed by atoms with Crippen LogP contribution in [0.4, 0.5) is 0 Å². The van der Waals surface area contributed by atoms with Gasteiger partial charge in [-0.25, -0.2) is 0 Å². The Kier molecular flexibility index (Phi) is 9.89. The van der Waals surface area contributed by atoms with E-state index >= 15 is 4.79 Å². The van der Waals surface area contributed by atoms with Crippen molar-refractivity contribution in [1.29, 1.82) is 0 Å². The first kappa shape index (κ1) is 42.3. The number of fused-ring (bicyclic) bond motifs is 2. The summed E-state index contributed by atoms with van der Waals surface area (Å²) in [7, 11) is 0. The number of nitrogens with one attached hydrogen (secondary N) is 2. The molecule has 0 aliphatic carbocycles. The molecule has 0 saturated carbocycles. The molecule has 340 valence electrons. The zero-order chi connectivity index (χ0) is 47.9. The minimum atomic E-state index is -0.614. The fourth-order valence-corrected chi connectivity index (χ4v) is 10.3. The lowest BCUT2D eigenvalue weighted by molar-refractivity contribution is 0.0828. The summed E-state index contributed by atoms with van der Waals surface area (Å²) in [6, 6.07) is 48.0. The third-order valence-corrected chi connectivity index (χ3v) is 13.2. The summed E-state index contributed by atoms with van der Waals surface area (Å²) >= 11 is 0. The van der Waals surface area contributed by atoms with Gasteiger partial charge in [0.1, 0.15) is 46.0 Å². The fourth-order valence-electron chi connectivity index (χ4n) is 10.3. The topological polar surface area (TPSA) is 129 Å².